The number of halogens is 1. The number of para-hydroxylation sites is 1. The first-order chi connectivity index (χ1) is 24.8. The number of aromatic nitrogens is 1. The van der Waals surface area contributed by atoms with Crippen molar-refractivity contribution in [1.29, 1.82) is 0 Å². The Hall–Kier alpha value is -5.41. The first kappa shape index (κ1) is 34.1. The van der Waals surface area contributed by atoms with Crippen LogP contribution < -0.4 is 9.46 Å². The molecule has 7 aromatic rings. The summed E-state index contributed by atoms with van der Waals surface area (Å²) in [6.45, 7) is 0.484. The van der Waals surface area contributed by atoms with Gasteiger partial charge in [-0.2, -0.15) is 0 Å². The molecule has 0 spiro atoms. The van der Waals surface area contributed by atoms with Crippen LogP contribution in [0.25, 0.3) is 21.7 Å². The fourth-order valence-corrected chi connectivity index (χ4v) is 8.02. The Morgan fingerprint density at radius 2 is 1.41 bits per heavy atom. The van der Waals surface area contributed by atoms with Crippen molar-refractivity contribution < 1.29 is 23.1 Å². The quantitative estimate of drug-likeness (QED) is 0.124. The second-order valence-electron chi connectivity index (χ2n) is 12.2. The molecule has 2 N–H and O–H groups in total. The van der Waals surface area contributed by atoms with E-state index in [9.17, 15) is 18.3 Å². The minimum absolute atomic E-state index is 0.151. The molecular weight excluding hydrogens is 680 g/mol. The molecule has 0 fully saturated rings. The predicted molar refractivity (Wildman–Crippen MR) is 203 cm³/mol. The highest BCUT2D eigenvalue weighted by atomic mass is 35.5. The second kappa shape index (κ2) is 14.8. The van der Waals surface area contributed by atoms with Crippen molar-refractivity contribution >= 4 is 49.3 Å². The SMILES string of the molecule is O=C(O)c1ccc(OCCc2c(CCNS(=O)(=O)c3ccc4cccc(Cl)c4c3)n(C(c3ccccc3)c3ccccc3)c3ccccc23)cc1. The van der Waals surface area contributed by atoms with Crippen molar-refractivity contribution in [3.05, 3.63) is 179 Å². The van der Waals surface area contributed by atoms with E-state index in [1.807, 2.05) is 60.7 Å². The molecule has 0 radical (unpaired) electrons. The zero-order valence-electron chi connectivity index (χ0n) is 27.6. The number of sulfonamides is 1. The van der Waals surface area contributed by atoms with Gasteiger partial charge in [0.1, 0.15) is 5.75 Å². The Kier molecular flexibility index (Phi) is 9.90. The van der Waals surface area contributed by atoms with Crippen molar-refractivity contribution in [1.82, 2.24) is 9.29 Å². The summed E-state index contributed by atoms with van der Waals surface area (Å²) < 4.78 is 38.7. The van der Waals surface area contributed by atoms with Crippen LogP contribution >= 0.6 is 11.6 Å². The molecule has 1 aromatic heterocycles. The molecule has 0 saturated carbocycles. The van der Waals surface area contributed by atoms with Gasteiger partial charge in [-0.05, 0) is 70.6 Å². The van der Waals surface area contributed by atoms with Crippen LogP contribution in [0.15, 0.2) is 150 Å². The maximum Gasteiger partial charge on any atom is 0.335 e. The van der Waals surface area contributed by atoms with Crippen molar-refractivity contribution in [2.75, 3.05) is 13.2 Å². The zero-order chi connectivity index (χ0) is 35.4. The van der Waals surface area contributed by atoms with Gasteiger partial charge in [-0.15, -0.1) is 0 Å². The Bertz CT molecular complexity index is 2390. The highest BCUT2D eigenvalue weighted by Gasteiger charge is 2.26. The molecule has 7 nitrogen and oxygen atoms in total. The monoisotopic (exact) mass is 714 g/mol. The van der Waals surface area contributed by atoms with E-state index >= 15 is 0 Å². The molecule has 0 aliphatic rings. The normalized spacial score (nSPS) is 11.7. The van der Waals surface area contributed by atoms with E-state index in [0.29, 0.717) is 35.6 Å². The largest absolute Gasteiger partial charge is 0.493 e. The van der Waals surface area contributed by atoms with Crippen LogP contribution in [0, 0.1) is 0 Å². The maximum absolute atomic E-state index is 13.7. The summed E-state index contributed by atoms with van der Waals surface area (Å²) in [5.41, 5.74) is 5.46. The van der Waals surface area contributed by atoms with Crippen LogP contribution in [0.5, 0.6) is 5.75 Å². The number of ether oxygens (including phenoxy) is 1. The van der Waals surface area contributed by atoms with Crippen molar-refractivity contribution in [3.63, 3.8) is 0 Å². The molecule has 0 aliphatic carbocycles. The number of carboxylic acid groups (broad SMARTS) is 1. The molecule has 0 amide bonds. The summed E-state index contributed by atoms with van der Waals surface area (Å²) in [6.07, 6.45) is 0.941. The lowest BCUT2D eigenvalue weighted by molar-refractivity contribution is 0.0697. The van der Waals surface area contributed by atoms with E-state index in [2.05, 4.69) is 45.7 Å². The Balaban J connectivity index is 1.27. The average Bonchev–Trinajstić information content (AvgIpc) is 3.45. The van der Waals surface area contributed by atoms with Crippen LogP contribution in [0.2, 0.25) is 5.02 Å². The minimum Gasteiger partial charge on any atom is -0.493 e. The molecule has 9 heteroatoms. The lowest BCUT2D eigenvalue weighted by Crippen LogP contribution is -2.27. The third-order valence-corrected chi connectivity index (χ3v) is 10.9. The van der Waals surface area contributed by atoms with Gasteiger partial charge >= 0.3 is 5.97 Å². The molecule has 51 heavy (non-hydrogen) atoms. The van der Waals surface area contributed by atoms with E-state index in [1.54, 1.807) is 36.4 Å². The third kappa shape index (κ3) is 7.25. The van der Waals surface area contributed by atoms with Gasteiger partial charge in [0.05, 0.1) is 23.1 Å². The van der Waals surface area contributed by atoms with E-state index in [-0.39, 0.29) is 23.0 Å². The lowest BCUT2D eigenvalue weighted by atomic mass is 9.97. The van der Waals surface area contributed by atoms with E-state index in [4.69, 9.17) is 16.3 Å². The number of hydrogen-bond donors (Lipinski definition) is 2. The molecule has 0 atom stereocenters. The van der Waals surface area contributed by atoms with Gasteiger partial charge in [0, 0.05) is 46.4 Å². The van der Waals surface area contributed by atoms with Crippen LogP contribution in [-0.4, -0.2) is 37.2 Å². The van der Waals surface area contributed by atoms with Crippen molar-refractivity contribution in [3.8, 4) is 5.75 Å². The minimum atomic E-state index is -3.87. The number of carboxylic acids is 1. The average molecular weight is 715 g/mol. The topological polar surface area (TPSA) is 97.6 Å². The highest BCUT2D eigenvalue weighted by Crippen LogP contribution is 2.37. The summed E-state index contributed by atoms with van der Waals surface area (Å²) in [4.78, 5) is 11.5. The van der Waals surface area contributed by atoms with Gasteiger partial charge in [0.25, 0.3) is 0 Å². The number of nitrogens with one attached hydrogen (secondary N) is 1. The van der Waals surface area contributed by atoms with Crippen molar-refractivity contribution in [2.24, 2.45) is 0 Å². The fourth-order valence-electron chi connectivity index (χ4n) is 6.72. The molecule has 0 saturated heterocycles. The predicted octanol–water partition coefficient (Wildman–Crippen LogP) is 8.93. The number of fused-ring (bicyclic) bond motifs is 2. The van der Waals surface area contributed by atoms with Gasteiger partial charge in [-0.1, -0.05) is 109 Å². The van der Waals surface area contributed by atoms with Gasteiger partial charge in [-0.3, -0.25) is 0 Å². The standard InChI is InChI=1S/C42H35ClN2O5S/c43-38-16-9-14-29-20-23-34(28-37(29)38)51(48,49)44-26-24-40-36(25-27-50-33-21-18-32(19-22-33)42(46)47)35-15-7-8-17-39(35)45(40)41(30-10-3-1-4-11-30)31-12-5-2-6-13-31/h1-23,28,41,44H,24-27H2,(H,46,47). The van der Waals surface area contributed by atoms with Crippen LogP contribution in [-0.2, 0) is 22.9 Å². The molecule has 7 rings (SSSR count). The van der Waals surface area contributed by atoms with Crippen LogP contribution in [0.3, 0.4) is 0 Å². The van der Waals surface area contributed by atoms with Crippen LogP contribution in [0.1, 0.15) is 38.8 Å². The molecule has 256 valence electrons. The second-order valence-corrected chi connectivity index (χ2v) is 14.4. The fraction of sp³-hybridized carbons (Fsp3) is 0.119. The van der Waals surface area contributed by atoms with Gasteiger partial charge < -0.3 is 14.4 Å². The zero-order valence-corrected chi connectivity index (χ0v) is 29.1. The molecular formula is C42H35ClN2O5S. The van der Waals surface area contributed by atoms with E-state index in [0.717, 1.165) is 38.7 Å². The first-order valence-corrected chi connectivity index (χ1v) is 18.5. The molecule has 6 aromatic carbocycles. The van der Waals surface area contributed by atoms with E-state index < -0.39 is 16.0 Å². The number of hydrogen-bond acceptors (Lipinski definition) is 4. The van der Waals surface area contributed by atoms with Crippen LogP contribution in [0.4, 0.5) is 0 Å². The molecule has 1 heterocycles. The molecule has 0 unspecified atom stereocenters. The number of aromatic carboxylic acids is 1. The summed E-state index contributed by atoms with van der Waals surface area (Å²) in [5, 5.41) is 12.4. The lowest BCUT2D eigenvalue weighted by Gasteiger charge is -2.25. The summed E-state index contributed by atoms with van der Waals surface area (Å²) in [7, 11) is -3.87. The molecule has 0 aliphatic heterocycles. The Morgan fingerprint density at radius 3 is 2.10 bits per heavy atom. The van der Waals surface area contributed by atoms with E-state index in [1.165, 1.54) is 12.1 Å². The van der Waals surface area contributed by atoms with Crippen molar-refractivity contribution in [2.45, 2.75) is 23.8 Å². The third-order valence-electron chi connectivity index (χ3n) is 9.10. The van der Waals surface area contributed by atoms with Gasteiger partial charge in [-0.25, -0.2) is 17.9 Å². The maximum atomic E-state index is 13.7. The Labute approximate surface area is 301 Å². The number of carbonyl (C=O) groups is 1. The highest BCUT2D eigenvalue weighted by molar-refractivity contribution is 7.89. The number of benzene rings is 6. The summed E-state index contributed by atoms with van der Waals surface area (Å²) >= 11 is 6.42. The van der Waals surface area contributed by atoms with Gasteiger partial charge in [0.2, 0.25) is 10.0 Å². The molecule has 0 bridgehead atoms. The Morgan fingerprint density at radius 1 is 0.745 bits per heavy atom. The number of nitrogens with zero attached hydrogens (tertiary/aromatic N) is 1. The summed E-state index contributed by atoms with van der Waals surface area (Å²) in [5.74, 6) is -0.426. The summed E-state index contributed by atoms with van der Waals surface area (Å²) in [6, 6.07) is 45.5. The number of rotatable bonds is 13. The smallest absolute Gasteiger partial charge is 0.335 e. The van der Waals surface area contributed by atoms with Gasteiger partial charge in [0.15, 0.2) is 0 Å². The first-order valence-electron chi connectivity index (χ1n) is 16.6.